The van der Waals surface area contributed by atoms with Crippen molar-refractivity contribution < 1.29 is 44.6 Å². The summed E-state index contributed by atoms with van der Waals surface area (Å²) in [5, 5.41) is 0. The summed E-state index contributed by atoms with van der Waals surface area (Å²) in [5.74, 6) is -12.9. The van der Waals surface area contributed by atoms with Gasteiger partial charge in [-0.1, -0.05) is 66.7 Å². The molecule has 234 valence electrons. The fourth-order valence-corrected chi connectivity index (χ4v) is 7.72. The molecule has 1 heterocycles. The summed E-state index contributed by atoms with van der Waals surface area (Å²) in [5.41, 5.74) is 2.12. The summed E-state index contributed by atoms with van der Waals surface area (Å²) in [7, 11) is -3.93. The third-order valence-electron chi connectivity index (χ3n) is 8.50. The number of rotatable bonds is 11. The number of sulfonamides is 1. The SMILES string of the molecule is COC(=O)CCCC=CC[C@H]1[C@H](NS(=O)(=O)c2c(F)c(F)c(F)c(F)c2F)[C@@H]2C[C@@]1(c1ccc(-c3ccccc3)cc1)CO2. The van der Waals surface area contributed by atoms with Crippen molar-refractivity contribution in [2.75, 3.05) is 13.7 Å². The molecule has 1 aliphatic heterocycles. The van der Waals surface area contributed by atoms with Crippen LogP contribution in [0.25, 0.3) is 11.1 Å². The first kappa shape index (κ1) is 31.8. The molecular weight excluding hydrogens is 605 g/mol. The van der Waals surface area contributed by atoms with Crippen LogP contribution in [0.15, 0.2) is 71.6 Å². The predicted octanol–water partition coefficient (Wildman–Crippen LogP) is 6.34. The molecule has 3 aromatic carbocycles. The van der Waals surface area contributed by atoms with Gasteiger partial charge in [-0.2, -0.15) is 0 Å². The second-order valence-electron chi connectivity index (χ2n) is 11.0. The van der Waals surface area contributed by atoms with Gasteiger partial charge in [-0.15, -0.1) is 0 Å². The number of allylic oxidation sites excluding steroid dienone is 2. The van der Waals surface area contributed by atoms with Gasteiger partial charge in [0.2, 0.25) is 15.8 Å². The second kappa shape index (κ2) is 12.8. The fourth-order valence-electron chi connectivity index (χ4n) is 6.28. The van der Waals surface area contributed by atoms with Crippen LogP contribution >= 0.6 is 0 Å². The van der Waals surface area contributed by atoms with Crippen molar-refractivity contribution in [3.63, 3.8) is 0 Å². The largest absolute Gasteiger partial charge is 0.469 e. The second-order valence-corrected chi connectivity index (χ2v) is 12.6. The number of ether oxygens (including phenoxy) is 2. The Morgan fingerprint density at radius 3 is 2.18 bits per heavy atom. The van der Waals surface area contributed by atoms with Crippen LogP contribution in [0.3, 0.4) is 0 Å². The maximum Gasteiger partial charge on any atom is 0.305 e. The van der Waals surface area contributed by atoms with E-state index in [0.29, 0.717) is 25.7 Å². The lowest BCUT2D eigenvalue weighted by Gasteiger charge is -2.39. The van der Waals surface area contributed by atoms with E-state index in [-0.39, 0.29) is 19.0 Å². The molecule has 6 nitrogen and oxygen atoms in total. The number of methoxy groups -OCH3 is 1. The maximum atomic E-state index is 14.6. The lowest BCUT2D eigenvalue weighted by molar-refractivity contribution is -0.140. The molecule has 0 unspecified atom stereocenters. The molecule has 0 aromatic heterocycles. The standard InChI is InChI=1S/C32H30F5NO5S/c1-42-24(39)12-8-3-2-7-11-22-30(38-44(40,41)31-28(36)26(34)25(33)27(35)29(31)37)23-17-32(22,18-43-23)21-15-13-20(14-16-21)19-9-5-4-6-10-19/h2,4-7,9-10,13-16,22-23,30,38H,3,8,11-12,17-18H2,1H3/t22-,23-,30-,32-/m0/s1. The zero-order chi connectivity index (χ0) is 31.6. The van der Waals surface area contributed by atoms with Gasteiger partial charge in [0.15, 0.2) is 28.2 Å². The number of halogens is 5. The van der Waals surface area contributed by atoms with Gasteiger partial charge >= 0.3 is 5.97 Å². The van der Waals surface area contributed by atoms with Gasteiger partial charge in [0.25, 0.3) is 0 Å². The Morgan fingerprint density at radius 1 is 0.932 bits per heavy atom. The third kappa shape index (κ3) is 5.90. The Hall–Kier alpha value is -3.61. The third-order valence-corrected chi connectivity index (χ3v) is 9.98. The molecule has 2 bridgehead atoms. The molecule has 1 aliphatic carbocycles. The monoisotopic (exact) mass is 635 g/mol. The molecule has 1 saturated heterocycles. The van der Waals surface area contributed by atoms with E-state index in [4.69, 9.17) is 4.74 Å². The van der Waals surface area contributed by atoms with Crippen LogP contribution in [0, 0.1) is 35.0 Å². The Morgan fingerprint density at radius 2 is 1.55 bits per heavy atom. The van der Waals surface area contributed by atoms with Crippen molar-refractivity contribution in [1.82, 2.24) is 4.72 Å². The Kier molecular flexibility index (Phi) is 9.24. The van der Waals surface area contributed by atoms with Crippen LogP contribution < -0.4 is 4.72 Å². The molecule has 2 aliphatic rings. The van der Waals surface area contributed by atoms with E-state index in [0.717, 1.165) is 16.7 Å². The van der Waals surface area contributed by atoms with Crippen molar-refractivity contribution in [3.05, 3.63) is 101 Å². The average molecular weight is 636 g/mol. The normalized spacial score (nSPS) is 23.0. The van der Waals surface area contributed by atoms with Gasteiger partial charge < -0.3 is 9.47 Å². The molecule has 2 fully saturated rings. The van der Waals surface area contributed by atoms with Crippen LogP contribution in [0.5, 0.6) is 0 Å². The van der Waals surface area contributed by atoms with Crippen molar-refractivity contribution in [2.24, 2.45) is 5.92 Å². The van der Waals surface area contributed by atoms with E-state index in [1.807, 2.05) is 66.7 Å². The molecule has 1 N–H and O–H groups in total. The number of hydrogen-bond acceptors (Lipinski definition) is 5. The van der Waals surface area contributed by atoms with Gasteiger partial charge in [-0.25, -0.2) is 35.1 Å². The number of hydrogen-bond donors (Lipinski definition) is 1. The fraction of sp³-hybridized carbons (Fsp3) is 0.344. The van der Waals surface area contributed by atoms with E-state index >= 15 is 0 Å². The highest BCUT2D eigenvalue weighted by Gasteiger charge is 2.60. The summed E-state index contributed by atoms with van der Waals surface area (Å²) < 4.78 is 110. The zero-order valence-corrected chi connectivity index (χ0v) is 24.5. The van der Waals surface area contributed by atoms with Gasteiger partial charge in [-0.05, 0) is 48.3 Å². The summed E-state index contributed by atoms with van der Waals surface area (Å²) in [6, 6.07) is 16.4. The first-order valence-corrected chi connectivity index (χ1v) is 15.5. The van der Waals surface area contributed by atoms with Gasteiger partial charge in [0.1, 0.15) is 0 Å². The Bertz CT molecular complexity index is 1640. The minimum atomic E-state index is -5.23. The molecule has 1 saturated carbocycles. The highest BCUT2D eigenvalue weighted by molar-refractivity contribution is 7.89. The van der Waals surface area contributed by atoms with Crippen LogP contribution in [0.2, 0.25) is 0 Å². The van der Waals surface area contributed by atoms with E-state index in [1.165, 1.54) is 7.11 Å². The van der Waals surface area contributed by atoms with E-state index < -0.39 is 67.5 Å². The minimum Gasteiger partial charge on any atom is -0.469 e. The quantitative estimate of drug-likeness (QED) is 0.0664. The van der Waals surface area contributed by atoms with Crippen LogP contribution in [0.1, 0.15) is 37.7 Å². The highest BCUT2D eigenvalue weighted by atomic mass is 32.2. The van der Waals surface area contributed by atoms with Crippen molar-refractivity contribution in [3.8, 4) is 11.1 Å². The van der Waals surface area contributed by atoms with Gasteiger partial charge in [0.05, 0.1) is 25.9 Å². The van der Waals surface area contributed by atoms with Crippen molar-refractivity contribution in [2.45, 2.75) is 54.6 Å². The minimum absolute atomic E-state index is 0.224. The number of carbonyl (C=O) groups is 1. The van der Waals surface area contributed by atoms with Crippen molar-refractivity contribution >= 4 is 16.0 Å². The summed E-state index contributed by atoms with van der Waals surface area (Å²) in [4.78, 5) is 9.47. The Labute approximate surface area is 251 Å². The number of unbranched alkanes of at least 4 members (excludes halogenated alkanes) is 1. The van der Waals surface area contributed by atoms with E-state index in [9.17, 15) is 35.2 Å². The predicted molar refractivity (Wildman–Crippen MR) is 151 cm³/mol. The van der Waals surface area contributed by atoms with Crippen molar-refractivity contribution in [1.29, 1.82) is 0 Å². The molecule has 5 rings (SSSR count). The van der Waals surface area contributed by atoms with E-state index in [1.54, 1.807) is 0 Å². The summed E-state index contributed by atoms with van der Waals surface area (Å²) in [6.45, 7) is 0.240. The topological polar surface area (TPSA) is 81.7 Å². The lowest BCUT2D eigenvalue weighted by atomic mass is 9.70. The number of fused-ring (bicyclic) bond motifs is 2. The molecule has 44 heavy (non-hydrogen) atoms. The van der Waals surface area contributed by atoms with Gasteiger partial charge in [-0.3, -0.25) is 4.79 Å². The lowest BCUT2D eigenvalue weighted by Crippen LogP contribution is -2.51. The summed E-state index contributed by atoms with van der Waals surface area (Å²) >= 11 is 0. The summed E-state index contributed by atoms with van der Waals surface area (Å²) in [6.07, 6.45) is 4.93. The molecule has 4 atom stereocenters. The highest BCUT2D eigenvalue weighted by Crippen LogP contribution is 2.54. The van der Waals surface area contributed by atoms with Crippen LogP contribution in [0.4, 0.5) is 22.0 Å². The maximum absolute atomic E-state index is 14.6. The van der Waals surface area contributed by atoms with Gasteiger partial charge in [0, 0.05) is 11.8 Å². The van der Waals surface area contributed by atoms with Crippen LogP contribution in [-0.2, 0) is 29.7 Å². The smallest absolute Gasteiger partial charge is 0.305 e. The molecule has 0 radical (unpaired) electrons. The number of esters is 1. The number of carbonyl (C=O) groups excluding carboxylic acids is 1. The van der Waals surface area contributed by atoms with Crippen LogP contribution in [-0.4, -0.2) is 40.2 Å². The number of nitrogens with one attached hydrogen (secondary N) is 1. The Balaban J connectivity index is 1.47. The molecular formula is C32H30F5NO5S. The molecule has 12 heteroatoms. The molecule has 0 amide bonds. The van der Waals surface area contributed by atoms with E-state index in [2.05, 4.69) is 9.46 Å². The first-order valence-electron chi connectivity index (χ1n) is 14.0. The zero-order valence-electron chi connectivity index (χ0n) is 23.7. The number of benzene rings is 3. The molecule has 3 aromatic rings. The first-order chi connectivity index (χ1) is 21.0. The average Bonchev–Trinajstić information content (AvgIpc) is 3.59. The molecule has 0 spiro atoms.